The van der Waals surface area contributed by atoms with Gasteiger partial charge in [-0.15, -0.1) is 0 Å². The Hall–Kier alpha value is -5.18. The second-order valence-corrected chi connectivity index (χ2v) is 17.1. The Morgan fingerprint density at radius 1 is 0.741 bits per heavy atom. The molecule has 2 saturated heterocycles. The van der Waals surface area contributed by atoms with Gasteiger partial charge in [-0.3, -0.25) is 19.2 Å². The Morgan fingerprint density at radius 3 is 1.76 bits per heavy atom. The van der Waals surface area contributed by atoms with Crippen molar-refractivity contribution in [2.45, 2.75) is 116 Å². The van der Waals surface area contributed by atoms with Gasteiger partial charge in [0.1, 0.15) is 29.8 Å². The van der Waals surface area contributed by atoms with E-state index in [2.05, 4.69) is 31.9 Å². The summed E-state index contributed by atoms with van der Waals surface area (Å²) >= 11 is 0. The Balaban J connectivity index is 1.49. The first-order valence-electron chi connectivity index (χ1n) is 20.5. The van der Waals surface area contributed by atoms with E-state index in [-0.39, 0.29) is 36.5 Å². The number of carboxylic acid groups (broad SMARTS) is 1. The second kappa shape index (κ2) is 21.5. The fourth-order valence-electron chi connectivity index (χ4n) is 7.44. The van der Waals surface area contributed by atoms with E-state index in [9.17, 15) is 33.9 Å². The van der Waals surface area contributed by atoms with Crippen LogP contribution < -0.4 is 31.9 Å². The Morgan fingerprint density at radius 2 is 1.24 bits per heavy atom. The normalized spacial score (nSPS) is 16.8. The highest BCUT2D eigenvalue weighted by molar-refractivity contribution is 5.95. The summed E-state index contributed by atoms with van der Waals surface area (Å²) in [6.45, 7) is 12.6. The zero-order chi connectivity index (χ0) is 42.3. The van der Waals surface area contributed by atoms with E-state index in [0.717, 1.165) is 37.1 Å². The van der Waals surface area contributed by atoms with Crippen molar-refractivity contribution in [2.75, 3.05) is 32.7 Å². The van der Waals surface area contributed by atoms with Crippen molar-refractivity contribution in [1.82, 2.24) is 36.8 Å². The maximum atomic E-state index is 14.2. The van der Waals surface area contributed by atoms with Crippen LogP contribution in [-0.2, 0) is 36.8 Å². The number of amides is 6. The van der Waals surface area contributed by atoms with Crippen molar-refractivity contribution < 1.29 is 38.6 Å². The lowest BCUT2D eigenvalue weighted by atomic mass is 9.72. The average Bonchev–Trinajstić information content (AvgIpc) is 3.15. The number of carbonyl (C=O) groups is 6. The summed E-state index contributed by atoms with van der Waals surface area (Å²) in [5.41, 5.74) is 0.916. The zero-order valence-corrected chi connectivity index (χ0v) is 34.6. The summed E-state index contributed by atoms with van der Waals surface area (Å²) in [4.78, 5) is 81.7. The fraction of sp³-hybridized carbons (Fsp3) is 0.581. The molecule has 318 valence electrons. The van der Waals surface area contributed by atoms with Gasteiger partial charge in [-0.2, -0.15) is 0 Å². The quantitative estimate of drug-likeness (QED) is 0.104. The highest BCUT2D eigenvalue weighted by Gasteiger charge is 2.47. The summed E-state index contributed by atoms with van der Waals surface area (Å²) in [5, 5.41) is 26.5. The van der Waals surface area contributed by atoms with Crippen LogP contribution in [0, 0.1) is 11.3 Å². The van der Waals surface area contributed by atoms with Crippen LogP contribution in [0.3, 0.4) is 0 Å². The van der Waals surface area contributed by atoms with E-state index >= 15 is 0 Å². The average molecular weight is 806 g/mol. The minimum Gasteiger partial charge on any atom is -0.465 e. The molecule has 7 N–H and O–H groups in total. The van der Waals surface area contributed by atoms with Crippen molar-refractivity contribution in [3.05, 3.63) is 71.8 Å². The van der Waals surface area contributed by atoms with Crippen LogP contribution in [0.5, 0.6) is 0 Å². The first-order chi connectivity index (χ1) is 27.5. The fourth-order valence-corrected chi connectivity index (χ4v) is 7.44. The number of piperidine rings is 1. The lowest BCUT2D eigenvalue weighted by Gasteiger charge is -2.53. The van der Waals surface area contributed by atoms with E-state index in [0.29, 0.717) is 38.9 Å². The molecule has 2 heterocycles. The molecule has 4 rings (SSSR count). The van der Waals surface area contributed by atoms with Crippen LogP contribution in [0.25, 0.3) is 0 Å². The lowest BCUT2D eigenvalue weighted by Crippen LogP contribution is -2.65. The molecule has 2 fully saturated rings. The summed E-state index contributed by atoms with van der Waals surface area (Å²) < 4.78 is 5.32. The molecule has 0 aliphatic carbocycles. The number of nitrogens with one attached hydrogen (secondary N) is 6. The van der Waals surface area contributed by atoms with Crippen LogP contribution in [0.2, 0.25) is 0 Å². The monoisotopic (exact) mass is 805 g/mol. The molecule has 58 heavy (non-hydrogen) atoms. The van der Waals surface area contributed by atoms with E-state index in [1.165, 1.54) is 0 Å². The van der Waals surface area contributed by atoms with Crippen molar-refractivity contribution >= 4 is 35.8 Å². The zero-order valence-electron chi connectivity index (χ0n) is 34.6. The Labute approximate surface area is 342 Å². The molecule has 4 atom stereocenters. The van der Waals surface area contributed by atoms with E-state index in [1.54, 1.807) is 62.1 Å². The van der Waals surface area contributed by atoms with Crippen molar-refractivity contribution in [3.63, 3.8) is 0 Å². The van der Waals surface area contributed by atoms with Gasteiger partial charge in [0, 0.05) is 37.9 Å². The van der Waals surface area contributed by atoms with E-state index in [1.807, 2.05) is 38.1 Å². The highest BCUT2D eigenvalue weighted by atomic mass is 16.6. The third kappa shape index (κ3) is 15.0. The number of alkyl carbamates (subject to hydrolysis) is 1. The van der Waals surface area contributed by atoms with Crippen molar-refractivity contribution in [3.8, 4) is 0 Å². The molecule has 0 radical (unpaired) electrons. The molecule has 15 heteroatoms. The van der Waals surface area contributed by atoms with Crippen LogP contribution in [0.1, 0.15) is 84.3 Å². The lowest BCUT2D eigenvalue weighted by molar-refractivity contribution is -0.149. The molecule has 0 aromatic heterocycles. The highest BCUT2D eigenvalue weighted by Crippen LogP contribution is 2.39. The molecular formula is C43H63N7O8. The van der Waals surface area contributed by atoms with E-state index in [4.69, 9.17) is 4.74 Å². The van der Waals surface area contributed by atoms with Gasteiger partial charge in [0.25, 0.3) is 0 Å². The van der Waals surface area contributed by atoms with Crippen molar-refractivity contribution in [1.29, 1.82) is 0 Å². The van der Waals surface area contributed by atoms with Crippen LogP contribution >= 0.6 is 0 Å². The Kier molecular flexibility index (Phi) is 16.9. The summed E-state index contributed by atoms with van der Waals surface area (Å²) in [6, 6.07) is 13.7. The maximum absolute atomic E-state index is 14.2. The first kappa shape index (κ1) is 45.5. The third-order valence-corrected chi connectivity index (χ3v) is 10.4. The molecule has 2 aromatic carbocycles. The number of likely N-dealkylation sites (tertiary alicyclic amines) is 1. The molecule has 2 aliphatic rings. The molecule has 0 bridgehead atoms. The van der Waals surface area contributed by atoms with Gasteiger partial charge in [-0.1, -0.05) is 74.5 Å². The van der Waals surface area contributed by atoms with E-state index < -0.39 is 59.7 Å². The molecule has 2 aromatic rings. The van der Waals surface area contributed by atoms with Gasteiger partial charge in [-0.05, 0) is 89.4 Å². The number of hydrogen-bond donors (Lipinski definition) is 7. The van der Waals surface area contributed by atoms with Crippen LogP contribution in [0.4, 0.5) is 9.59 Å². The predicted molar refractivity (Wildman–Crippen MR) is 220 cm³/mol. The van der Waals surface area contributed by atoms with Crippen LogP contribution in [0.15, 0.2) is 60.7 Å². The number of hydrogen-bond acceptors (Lipinski definition) is 8. The largest absolute Gasteiger partial charge is 0.465 e. The summed E-state index contributed by atoms with van der Waals surface area (Å²) in [5.74, 6) is -2.06. The van der Waals surface area contributed by atoms with Crippen molar-refractivity contribution in [2.24, 2.45) is 11.3 Å². The smallest absolute Gasteiger partial charge is 0.407 e. The number of carbonyl (C=O) groups excluding carboxylic acids is 5. The second-order valence-electron chi connectivity index (χ2n) is 17.1. The van der Waals surface area contributed by atoms with Gasteiger partial charge in [0.05, 0.1) is 0 Å². The molecule has 2 aliphatic heterocycles. The number of ether oxygens (including phenoxy) is 1. The number of nitrogens with zero attached hydrogens (tertiary/aromatic N) is 1. The minimum atomic E-state index is -1.39. The molecule has 0 saturated carbocycles. The molecule has 15 nitrogen and oxygen atoms in total. The molecule has 6 amide bonds. The molecule has 1 spiro atoms. The minimum absolute atomic E-state index is 0.0311. The van der Waals surface area contributed by atoms with Gasteiger partial charge in [0.15, 0.2) is 0 Å². The Bertz CT molecular complexity index is 1670. The molecule has 4 unspecified atom stereocenters. The summed E-state index contributed by atoms with van der Waals surface area (Å²) in [7, 11) is 0. The number of rotatable bonds is 19. The molecular weight excluding hydrogens is 743 g/mol. The topological polar surface area (TPSA) is 207 Å². The van der Waals surface area contributed by atoms with Gasteiger partial charge in [0.2, 0.25) is 23.6 Å². The standard InChI is InChI=1S/C43H63N7O8/c1-29(2)24-33(47-37(52)34(25-30-14-8-6-9-15-30)48-38(53)35(49-40(55)56)26-31-16-10-7-11-17-31)36(51)46-32(18-12-13-21-45-41(57)58-42(3,4)5)39(54)50-27-43(28-50)19-22-44-23-20-43/h6-11,14-17,29,32-35,44,49H,12-13,18-28H2,1-5H3,(H,45,57)(H,46,51)(H,47,52)(H,48,53)(H,55,56). The maximum Gasteiger partial charge on any atom is 0.407 e. The predicted octanol–water partition coefficient (Wildman–Crippen LogP) is 3.52. The third-order valence-electron chi connectivity index (χ3n) is 10.4. The van der Waals surface area contributed by atoms with Gasteiger partial charge >= 0.3 is 12.2 Å². The van der Waals surface area contributed by atoms with Gasteiger partial charge in [-0.25, -0.2) is 9.59 Å². The van der Waals surface area contributed by atoms with Gasteiger partial charge < -0.3 is 46.6 Å². The number of unbranched alkanes of at least 4 members (excludes halogenated alkanes) is 1. The number of benzene rings is 2. The SMILES string of the molecule is CC(C)CC(NC(=O)C(Cc1ccccc1)NC(=O)C(Cc1ccccc1)NC(=O)O)C(=O)NC(CCCCNC(=O)OC(C)(C)C)C(=O)N1CC2(CCNCC2)C1. The van der Waals surface area contributed by atoms with Crippen LogP contribution in [-0.4, -0.2) is 108 Å². The summed E-state index contributed by atoms with van der Waals surface area (Å²) in [6.07, 6.45) is 1.81. The first-order valence-corrected chi connectivity index (χ1v) is 20.5.